The van der Waals surface area contributed by atoms with Crippen molar-refractivity contribution in [2.45, 2.75) is 6.54 Å². The smallest absolute Gasteiger partial charge is 0.338 e. The van der Waals surface area contributed by atoms with Crippen LogP contribution >= 0.6 is 23.8 Å². The minimum Gasteiger partial charge on any atom is -0.497 e. The van der Waals surface area contributed by atoms with Gasteiger partial charge in [0.1, 0.15) is 11.6 Å². The number of halogens is 2. The molecule has 0 atom stereocenters. The molecule has 0 bridgehead atoms. The highest BCUT2D eigenvalue weighted by molar-refractivity contribution is 7.71. The molecule has 8 nitrogen and oxygen atoms in total. The standard InChI is InChI=1S/C20H18ClFN4O4S/c1-24-18(28)26(19(29)25(2)20(24)31)16-8-13(14(21)9-15(16)22)17(27)23-10-11-4-6-12(30-3)7-5-11/h4-9H,10H2,1-3H3,(H,23,27). The zero-order valence-electron chi connectivity index (χ0n) is 16.8. The third kappa shape index (κ3) is 4.30. The normalized spacial score (nSPS) is 10.7. The topological polar surface area (TPSA) is 87.3 Å². The van der Waals surface area contributed by atoms with Gasteiger partial charge in [0.05, 0.1) is 23.4 Å². The zero-order valence-corrected chi connectivity index (χ0v) is 18.4. The predicted octanol–water partition coefficient (Wildman–Crippen LogP) is 2.34. The Labute approximate surface area is 186 Å². The number of carbonyl (C=O) groups is 1. The van der Waals surface area contributed by atoms with Crippen molar-refractivity contribution in [3.05, 3.63) is 84.1 Å². The maximum absolute atomic E-state index is 14.7. The van der Waals surface area contributed by atoms with Crippen molar-refractivity contribution in [3.63, 3.8) is 0 Å². The van der Waals surface area contributed by atoms with E-state index in [9.17, 15) is 18.8 Å². The lowest BCUT2D eigenvalue weighted by Gasteiger charge is -2.13. The van der Waals surface area contributed by atoms with Gasteiger partial charge in [0.2, 0.25) is 0 Å². The van der Waals surface area contributed by atoms with Gasteiger partial charge in [-0.1, -0.05) is 23.7 Å². The highest BCUT2D eigenvalue weighted by Crippen LogP contribution is 2.22. The minimum absolute atomic E-state index is 0.0296. The molecule has 31 heavy (non-hydrogen) atoms. The average molecular weight is 465 g/mol. The second-order valence-corrected chi connectivity index (χ2v) is 7.39. The molecule has 0 unspecified atom stereocenters. The summed E-state index contributed by atoms with van der Waals surface area (Å²) in [5.74, 6) is -0.865. The van der Waals surface area contributed by atoms with Crippen molar-refractivity contribution >= 4 is 29.7 Å². The predicted molar refractivity (Wildman–Crippen MR) is 116 cm³/mol. The molecule has 0 aliphatic carbocycles. The Hall–Kier alpha value is -3.24. The summed E-state index contributed by atoms with van der Waals surface area (Å²) in [5.41, 5.74) is -1.40. The first-order chi connectivity index (χ1) is 14.6. The number of rotatable bonds is 5. The van der Waals surface area contributed by atoms with Gasteiger partial charge in [-0.2, -0.15) is 0 Å². The zero-order chi connectivity index (χ0) is 22.9. The van der Waals surface area contributed by atoms with Crippen molar-refractivity contribution in [3.8, 4) is 11.4 Å². The molecule has 0 saturated heterocycles. The van der Waals surface area contributed by atoms with Crippen LogP contribution < -0.4 is 21.4 Å². The number of nitrogens with zero attached hydrogens (tertiary/aromatic N) is 3. The Morgan fingerprint density at radius 1 is 1.13 bits per heavy atom. The van der Waals surface area contributed by atoms with Gasteiger partial charge in [-0.25, -0.2) is 18.5 Å². The molecule has 162 valence electrons. The first-order valence-corrected chi connectivity index (χ1v) is 9.74. The van der Waals surface area contributed by atoms with Crippen molar-refractivity contribution in [2.24, 2.45) is 14.1 Å². The Bertz CT molecular complexity index is 1310. The van der Waals surface area contributed by atoms with Gasteiger partial charge >= 0.3 is 11.4 Å². The number of aromatic nitrogens is 3. The second-order valence-electron chi connectivity index (χ2n) is 6.62. The Kier molecular flexibility index (Phi) is 6.42. The SMILES string of the molecule is COc1ccc(CNC(=O)c2cc(-n3c(=O)n(C)c(=S)n(C)c3=O)c(F)cc2Cl)cc1. The summed E-state index contributed by atoms with van der Waals surface area (Å²) < 4.78 is 22.4. The number of hydrogen-bond donors (Lipinski definition) is 1. The molecule has 0 fully saturated rings. The first-order valence-electron chi connectivity index (χ1n) is 8.95. The Morgan fingerprint density at radius 3 is 2.26 bits per heavy atom. The van der Waals surface area contributed by atoms with Gasteiger partial charge in [0.15, 0.2) is 4.77 Å². The number of ether oxygens (including phenoxy) is 1. The molecule has 2 aromatic carbocycles. The van der Waals surface area contributed by atoms with E-state index in [0.717, 1.165) is 26.8 Å². The van der Waals surface area contributed by atoms with E-state index in [4.69, 9.17) is 28.6 Å². The van der Waals surface area contributed by atoms with E-state index in [1.54, 1.807) is 31.4 Å². The first kappa shape index (κ1) is 22.4. The maximum Gasteiger partial charge on any atom is 0.338 e. The summed E-state index contributed by atoms with van der Waals surface area (Å²) in [7, 11) is 4.26. The van der Waals surface area contributed by atoms with Crippen molar-refractivity contribution < 1.29 is 13.9 Å². The fourth-order valence-electron chi connectivity index (χ4n) is 2.88. The third-order valence-corrected chi connectivity index (χ3v) is 5.52. The van der Waals surface area contributed by atoms with E-state index >= 15 is 0 Å². The summed E-state index contributed by atoms with van der Waals surface area (Å²) >= 11 is 11.1. The molecular weight excluding hydrogens is 447 g/mol. The van der Waals surface area contributed by atoms with Gasteiger partial charge in [0.25, 0.3) is 5.91 Å². The Morgan fingerprint density at radius 2 is 1.71 bits per heavy atom. The quantitative estimate of drug-likeness (QED) is 0.586. The van der Waals surface area contributed by atoms with Gasteiger partial charge in [-0.3, -0.25) is 13.9 Å². The fourth-order valence-corrected chi connectivity index (χ4v) is 3.27. The highest BCUT2D eigenvalue weighted by atomic mass is 35.5. The van der Waals surface area contributed by atoms with Crippen LogP contribution in [0.2, 0.25) is 5.02 Å². The summed E-state index contributed by atoms with van der Waals surface area (Å²) in [6.07, 6.45) is 0. The molecule has 0 radical (unpaired) electrons. The van der Waals surface area contributed by atoms with Gasteiger partial charge in [-0.05, 0) is 42.0 Å². The lowest BCUT2D eigenvalue weighted by Crippen LogP contribution is -2.44. The summed E-state index contributed by atoms with van der Waals surface area (Å²) in [6, 6.07) is 8.98. The summed E-state index contributed by atoms with van der Waals surface area (Å²) in [5, 5.41) is 2.51. The molecule has 0 spiro atoms. The number of hydrogen-bond acceptors (Lipinski definition) is 5. The molecule has 3 aromatic rings. The van der Waals surface area contributed by atoms with Crippen LogP contribution in [0.25, 0.3) is 5.69 Å². The van der Waals surface area contributed by atoms with Gasteiger partial charge in [-0.15, -0.1) is 0 Å². The molecule has 1 amide bonds. The van der Waals surface area contributed by atoms with Crippen LogP contribution in [0.5, 0.6) is 5.75 Å². The number of benzene rings is 2. The summed E-state index contributed by atoms with van der Waals surface area (Å²) in [6.45, 7) is 0.174. The van der Waals surface area contributed by atoms with Crippen LogP contribution in [0.4, 0.5) is 4.39 Å². The molecule has 1 aromatic heterocycles. The average Bonchev–Trinajstić information content (AvgIpc) is 2.76. The van der Waals surface area contributed by atoms with E-state index < -0.39 is 28.8 Å². The number of methoxy groups -OCH3 is 1. The monoisotopic (exact) mass is 464 g/mol. The number of amides is 1. The number of nitrogens with one attached hydrogen (secondary N) is 1. The van der Waals surface area contributed by atoms with E-state index in [1.165, 1.54) is 14.1 Å². The van der Waals surface area contributed by atoms with Crippen LogP contribution in [0.15, 0.2) is 46.0 Å². The third-order valence-electron chi connectivity index (χ3n) is 4.66. The van der Waals surface area contributed by atoms with Gasteiger partial charge in [0, 0.05) is 20.6 Å². The van der Waals surface area contributed by atoms with E-state index in [2.05, 4.69) is 5.32 Å². The van der Waals surface area contributed by atoms with Crippen molar-refractivity contribution in [1.29, 1.82) is 0 Å². The molecule has 1 N–H and O–H groups in total. The fraction of sp³-hybridized carbons (Fsp3) is 0.200. The van der Waals surface area contributed by atoms with Crippen LogP contribution in [0.1, 0.15) is 15.9 Å². The second kappa shape index (κ2) is 8.86. The van der Waals surface area contributed by atoms with E-state index in [-0.39, 0.29) is 21.9 Å². The molecule has 3 rings (SSSR count). The van der Waals surface area contributed by atoms with Gasteiger partial charge < -0.3 is 10.1 Å². The van der Waals surface area contributed by atoms with E-state index in [1.807, 2.05) is 0 Å². The van der Waals surface area contributed by atoms with E-state index in [0.29, 0.717) is 10.3 Å². The number of carbonyl (C=O) groups excluding carboxylic acids is 1. The van der Waals surface area contributed by atoms with Crippen molar-refractivity contribution in [1.82, 2.24) is 19.0 Å². The molecular formula is C20H18ClFN4O4S. The minimum atomic E-state index is -0.937. The lowest BCUT2D eigenvalue weighted by atomic mass is 10.1. The van der Waals surface area contributed by atoms with Crippen LogP contribution in [0, 0.1) is 10.6 Å². The Balaban J connectivity index is 2.00. The van der Waals surface area contributed by atoms with Crippen LogP contribution in [-0.2, 0) is 20.6 Å². The lowest BCUT2D eigenvalue weighted by molar-refractivity contribution is 0.0951. The molecule has 0 saturated carbocycles. The molecule has 0 aliphatic rings. The van der Waals surface area contributed by atoms with Crippen LogP contribution in [-0.4, -0.2) is 26.7 Å². The van der Waals surface area contributed by atoms with Crippen LogP contribution in [0.3, 0.4) is 0 Å². The molecule has 11 heteroatoms. The molecule has 1 heterocycles. The maximum atomic E-state index is 14.7. The van der Waals surface area contributed by atoms with Crippen molar-refractivity contribution in [2.75, 3.05) is 7.11 Å². The summed E-state index contributed by atoms with van der Waals surface area (Å²) in [4.78, 5) is 37.8. The largest absolute Gasteiger partial charge is 0.497 e. The molecule has 0 aliphatic heterocycles. The highest BCUT2D eigenvalue weighted by Gasteiger charge is 2.20.